The SMILES string of the molecule is NCC(c1cccc(F)c1)N1CCCC1C(N)=O. The Morgan fingerprint density at radius 1 is 1.56 bits per heavy atom. The van der Waals surface area contributed by atoms with Gasteiger partial charge < -0.3 is 11.5 Å². The molecule has 1 amide bonds. The van der Waals surface area contributed by atoms with E-state index in [1.54, 1.807) is 6.07 Å². The molecule has 1 fully saturated rings. The number of hydrogen-bond acceptors (Lipinski definition) is 3. The number of benzene rings is 1. The molecule has 0 aromatic heterocycles. The second-order valence-corrected chi connectivity index (χ2v) is 4.60. The molecule has 0 bridgehead atoms. The van der Waals surface area contributed by atoms with E-state index in [0.717, 1.165) is 24.9 Å². The molecule has 1 aromatic carbocycles. The molecule has 18 heavy (non-hydrogen) atoms. The smallest absolute Gasteiger partial charge is 0.234 e. The maximum atomic E-state index is 13.3. The minimum atomic E-state index is -0.331. The molecular formula is C13H18FN3O. The summed E-state index contributed by atoms with van der Waals surface area (Å²) in [4.78, 5) is 13.4. The molecule has 2 rings (SSSR count). The molecule has 2 unspecified atom stereocenters. The number of amides is 1. The van der Waals surface area contributed by atoms with Crippen LogP contribution in [0.4, 0.5) is 4.39 Å². The molecule has 0 saturated carbocycles. The van der Waals surface area contributed by atoms with Crippen molar-refractivity contribution in [2.24, 2.45) is 11.5 Å². The van der Waals surface area contributed by atoms with E-state index in [0.29, 0.717) is 6.54 Å². The first-order chi connectivity index (χ1) is 8.63. The zero-order chi connectivity index (χ0) is 13.1. The maximum absolute atomic E-state index is 13.3. The topological polar surface area (TPSA) is 72.3 Å². The number of likely N-dealkylation sites (tertiary alicyclic amines) is 1. The largest absolute Gasteiger partial charge is 0.368 e. The van der Waals surface area contributed by atoms with Gasteiger partial charge >= 0.3 is 0 Å². The molecule has 0 spiro atoms. The predicted molar refractivity (Wildman–Crippen MR) is 67.1 cm³/mol. The number of nitrogens with two attached hydrogens (primary N) is 2. The van der Waals surface area contributed by atoms with Crippen LogP contribution in [-0.2, 0) is 4.79 Å². The fourth-order valence-electron chi connectivity index (χ4n) is 2.64. The summed E-state index contributed by atoms with van der Waals surface area (Å²) in [5.41, 5.74) is 12.0. The van der Waals surface area contributed by atoms with Crippen LogP contribution in [0.2, 0.25) is 0 Å². The number of halogens is 1. The van der Waals surface area contributed by atoms with Crippen molar-refractivity contribution in [2.45, 2.75) is 24.9 Å². The van der Waals surface area contributed by atoms with Crippen molar-refractivity contribution in [3.05, 3.63) is 35.6 Å². The number of carbonyl (C=O) groups excluding carboxylic acids is 1. The van der Waals surface area contributed by atoms with E-state index in [9.17, 15) is 9.18 Å². The molecule has 0 radical (unpaired) electrons. The van der Waals surface area contributed by atoms with E-state index in [2.05, 4.69) is 0 Å². The van der Waals surface area contributed by atoms with Gasteiger partial charge in [-0.25, -0.2) is 4.39 Å². The van der Waals surface area contributed by atoms with Gasteiger partial charge in [-0.05, 0) is 37.1 Å². The van der Waals surface area contributed by atoms with Crippen molar-refractivity contribution in [1.29, 1.82) is 0 Å². The quantitative estimate of drug-likeness (QED) is 0.830. The first-order valence-electron chi connectivity index (χ1n) is 6.14. The number of primary amides is 1. The van der Waals surface area contributed by atoms with Crippen LogP contribution in [0.3, 0.4) is 0 Å². The second kappa shape index (κ2) is 5.46. The van der Waals surface area contributed by atoms with Crippen LogP contribution in [0.5, 0.6) is 0 Å². The van der Waals surface area contributed by atoms with Gasteiger partial charge in [-0.3, -0.25) is 9.69 Å². The summed E-state index contributed by atoms with van der Waals surface area (Å²) < 4.78 is 13.3. The van der Waals surface area contributed by atoms with Gasteiger partial charge in [0, 0.05) is 12.6 Å². The van der Waals surface area contributed by atoms with Gasteiger partial charge in [0.25, 0.3) is 0 Å². The van der Waals surface area contributed by atoms with Gasteiger partial charge in [-0.15, -0.1) is 0 Å². The highest BCUT2D eigenvalue weighted by Gasteiger charge is 2.34. The van der Waals surface area contributed by atoms with E-state index in [4.69, 9.17) is 11.5 Å². The van der Waals surface area contributed by atoms with Crippen molar-refractivity contribution >= 4 is 5.91 Å². The lowest BCUT2D eigenvalue weighted by molar-refractivity contribution is -0.122. The van der Waals surface area contributed by atoms with Gasteiger partial charge in [0.1, 0.15) is 5.82 Å². The average Bonchev–Trinajstić information content (AvgIpc) is 2.79. The summed E-state index contributed by atoms with van der Waals surface area (Å²) >= 11 is 0. The van der Waals surface area contributed by atoms with Gasteiger partial charge in [0.2, 0.25) is 5.91 Å². The van der Waals surface area contributed by atoms with Crippen LogP contribution in [0.1, 0.15) is 24.4 Å². The molecule has 1 aromatic rings. The molecule has 2 atom stereocenters. The highest BCUT2D eigenvalue weighted by molar-refractivity contribution is 5.80. The number of hydrogen-bond donors (Lipinski definition) is 2. The molecule has 1 aliphatic rings. The number of carbonyl (C=O) groups is 1. The molecule has 1 saturated heterocycles. The van der Waals surface area contributed by atoms with Gasteiger partial charge in [-0.2, -0.15) is 0 Å². The Morgan fingerprint density at radius 3 is 2.94 bits per heavy atom. The van der Waals surface area contributed by atoms with Crippen LogP contribution in [0.15, 0.2) is 24.3 Å². The minimum Gasteiger partial charge on any atom is -0.368 e. The van der Waals surface area contributed by atoms with Crippen molar-refractivity contribution in [3.8, 4) is 0 Å². The molecule has 4 N–H and O–H groups in total. The molecule has 5 heteroatoms. The maximum Gasteiger partial charge on any atom is 0.234 e. The van der Waals surface area contributed by atoms with Crippen molar-refractivity contribution in [3.63, 3.8) is 0 Å². The summed E-state index contributed by atoms with van der Waals surface area (Å²) in [5, 5.41) is 0. The Morgan fingerprint density at radius 2 is 2.33 bits per heavy atom. The van der Waals surface area contributed by atoms with Crippen molar-refractivity contribution in [2.75, 3.05) is 13.1 Å². The van der Waals surface area contributed by atoms with Gasteiger partial charge in [0.05, 0.1) is 6.04 Å². The molecule has 1 heterocycles. The second-order valence-electron chi connectivity index (χ2n) is 4.60. The Kier molecular flexibility index (Phi) is 3.93. The lowest BCUT2D eigenvalue weighted by atomic mass is 10.0. The fraction of sp³-hybridized carbons (Fsp3) is 0.462. The highest BCUT2D eigenvalue weighted by Crippen LogP contribution is 2.28. The first kappa shape index (κ1) is 13.0. The first-order valence-corrected chi connectivity index (χ1v) is 6.14. The van der Waals surface area contributed by atoms with Crippen LogP contribution >= 0.6 is 0 Å². The van der Waals surface area contributed by atoms with E-state index >= 15 is 0 Å². The van der Waals surface area contributed by atoms with E-state index in [1.807, 2.05) is 11.0 Å². The lowest BCUT2D eigenvalue weighted by Crippen LogP contribution is -2.44. The van der Waals surface area contributed by atoms with E-state index in [-0.39, 0.29) is 23.8 Å². The summed E-state index contributed by atoms with van der Waals surface area (Å²) in [6.45, 7) is 1.11. The summed E-state index contributed by atoms with van der Waals surface area (Å²) in [6.07, 6.45) is 1.67. The molecular weight excluding hydrogens is 233 g/mol. The van der Waals surface area contributed by atoms with Crippen molar-refractivity contribution < 1.29 is 9.18 Å². The van der Waals surface area contributed by atoms with Crippen LogP contribution in [-0.4, -0.2) is 29.9 Å². The van der Waals surface area contributed by atoms with Crippen LogP contribution in [0, 0.1) is 5.82 Å². The summed E-state index contributed by atoms with van der Waals surface area (Å²) in [7, 11) is 0. The number of rotatable bonds is 4. The zero-order valence-electron chi connectivity index (χ0n) is 10.2. The Balaban J connectivity index is 2.25. The molecule has 0 aliphatic carbocycles. The van der Waals surface area contributed by atoms with Crippen LogP contribution < -0.4 is 11.5 Å². The van der Waals surface area contributed by atoms with Crippen LogP contribution in [0.25, 0.3) is 0 Å². The third-order valence-corrected chi connectivity index (χ3v) is 3.48. The van der Waals surface area contributed by atoms with E-state index < -0.39 is 0 Å². The third-order valence-electron chi connectivity index (χ3n) is 3.48. The number of nitrogens with zero attached hydrogens (tertiary/aromatic N) is 1. The highest BCUT2D eigenvalue weighted by atomic mass is 19.1. The monoisotopic (exact) mass is 251 g/mol. The zero-order valence-corrected chi connectivity index (χ0v) is 10.2. The summed E-state index contributed by atoms with van der Waals surface area (Å²) in [5.74, 6) is -0.622. The Labute approximate surface area is 106 Å². The molecule has 4 nitrogen and oxygen atoms in total. The third kappa shape index (κ3) is 2.52. The molecule has 98 valence electrons. The Hall–Kier alpha value is -1.46. The Bertz CT molecular complexity index is 438. The molecule has 1 aliphatic heterocycles. The fourth-order valence-corrected chi connectivity index (χ4v) is 2.64. The van der Waals surface area contributed by atoms with Gasteiger partial charge in [-0.1, -0.05) is 12.1 Å². The summed E-state index contributed by atoms with van der Waals surface area (Å²) in [6, 6.07) is 5.91. The normalized spacial score (nSPS) is 22.0. The predicted octanol–water partition coefficient (Wildman–Crippen LogP) is 0.775. The van der Waals surface area contributed by atoms with Gasteiger partial charge in [0.15, 0.2) is 0 Å². The minimum absolute atomic E-state index is 0.152. The average molecular weight is 251 g/mol. The van der Waals surface area contributed by atoms with Crippen molar-refractivity contribution in [1.82, 2.24) is 4.90 Å². The van der Waals surface area contributed by atoms with E-state index in [1.165, 1.54) is 12.1 Å². The standard InChI is InChI=1S/C13H18FN3O/c14-10-4-1-3-9(7-10)12(8-15)17-6-2-5-11(17)13(16)18/h1,3-4,7,11-12H,2,5-6,8,15H2,(H2,16,18). The lowest BCUT2D eigenvalue weighted by Gasteiger charge is -2.31.